The molecule has 0 amide bonds. The van der Waals surface area contributed by atoms with Crippen LogP contribution in [-0.4, -0.2) is 29.1 Å². The number of rotatable bonds is 8. The van der Waals surface area contributed by atoms with Crippen molar-refractivity contribution in [3.8, 4) is 5.75 Å². The number of nitrogens with zero attached hydrogens (tertiary/aromatic N) is 1. The van der Waals surface area contributed by atoms with Gasteiger partial charge in [-0.05, 0) is 30.3 Å². The van der Waals surface area contributed by atoms with Crippen molar-refractivity contribution in [2.75, 3.05) is 18.9 Å². The molecule has 1 aromatic heterocycles. The Morgan fingerprint density at radius 2 is 2.11 bits per heavy atom. The summed E-state index contributed by atoms with van der Waals surface area (Å²) in [6.07, 6.45) is 3.70. The molecule has 18 heavy (non-hydrogen) atoms. The second-order valence-electron chi connectivity index (χ2n) is 4.38. The van der Waals surface area contributed by atoms with Gasteiger partial charge in [0.15, 0.2) is 0 Å². The smallest absolute Gasteiger partial charge is 0.137 e. The largest absolute Gasteiger partial charge is 0.492 e. The molecule has 102 valence electrons. The van der Waals surface area contributed by atoms with Crippen LogP contribution in [0.5, 0.6) is 5.75 Å². The van der Waals surface area contributed by atoms with Gasteiger partial charge in [0.1, 0.15) is 5.75 Å². The first kappa shape index (κ1) is 15.3. The maximum absolute atomic E-state index is 5.50. The molecular formula is C14H24N2OS. The Bertz CT molecular complexity index is 344. The van der Waals surface area contributed by atoms with Gasteiger partial charge < -0.3 is 10.1 Å². The van der Waals surface area contributed by atoms with E-state index in [-0.39, 0.29) is 0 Å². The minimum atomic E-state index is 0.343. The number of thioether (sulfide) groups is 1. The van der Waals surface area contributed by atoms with Crippen LogP contribution >= 0.6 is 11.8 Å². The predicted molar refractivity (Wildman–Crippen MR) is 79.4 cm³/mol. The van der Waals surface area contributed by atoms with E-state index in [1.807, 2.05) is 24.9 Å². The molecule has 1 aromatic rings. The molecule has 3 nitrogen and oxygen atoms in total. The van der Waals surface area contributed by atoms with Crippen LogP contribution < -0.4 is 10.1 Å². The molecule has 1 heterocycles. The molecule has 1 atom stereocenters. The van der Waals surface area contributed by atoms with Crippen molar-refractivity contribution in [3.63, 3.8) is 0 Å². The standard InChI is InChI=1S/C14H24N2OS/c1-5-16-14(10-18-11(3)4)12-7-13(17-6-2)9-15-8-12/h7-9,11,14,16H,5-6,10H2,1-4H3. The van der Waals surface area contributed by atoms with Gasteiger partial charge in [-0.2, -0.15) is 11.8 Å². The summed E-state index contributed by atoms with van der Waals surface area (Å²) in [7, 11) is 0. The maximum Gasteiger partial charge on any atom is 0.137 e. The highest BCUT2D eigenvalue weighted by molar-refractivity contribution is 7.99. The van der Waals surface area contributed by atoms with Crippen LogP contribution in [0.1, 0.15) is 39.3 Å². The lowest BCUT2D eigenvalue weighted by molar-refractivity contribution is 0.338. The van der Waals surface area contributed by atoms with Crippen LogP contribution in [-0.2, 0) is 0 Å². The fraction of sp³-hybridized carbons (Fsp3) is 0.643. The van der Waals surface area contributed by atoms with Gasteiger partial charge in [0.2, 0.25) is 0 Å². The van der Waals surface area contributed by atoms with E-state index >= 15 is 0 Å². The van der Waals surface area contributed by atoms with Gasteiger partial charge in [-0.15, -0.1) is 0 Å². The van der Waals surface area contributed by atoms with E-state index in [9.17, 15) is 0 Å². The lowest BCUT2D eigenvalue weighted by Gasteiger charge is -2.19. The molecule has 0 saturated carbocycles. The molecule has 4 heteroatoms. The summed E-state index contributed by atoms with van der Waals surface area (Å²) in [5.41, 5.74) is 1.20. The van der Waals surface area contributed by atoms with Gasteiger partial charge in [0, 0.05) is 18.0 Å². The first-order valence-electron chi connectivity index (χ1n) is 6.60. The lowest BCUT2D eigenvalue weighted by atomic mass is 10.1. The number of pyridine rings is 1. The van der Waals surface area contributed by atoms with Crippen LogP contribution in [0.4, 0.5) is 0 Å². The highest BCUT2D eigenvalue weighted by Gasteiger charge is 2.12. The molecule has 1 unspecified atom stereocenters. The van der Waals surface area contributed by atoms with Gasteiger partial charge >= 0.3 is 0 Å². The van der Waals surface area contributed by atoms with Crippen molar-refractivity contribution in [1.82, 2.24) is 10.3 Å². The van der Waals surface area contributed by atoms with Gasteiger partial charge in [-0.3, -0.25) is 4.98 Å². The summed E-state index contributed by atoms with van der Waals surface area (Å²) in [5, 5.41) is 4.15. The zero-order chi connectivity index (χ0) is 13.4. The quantitative estimate of drug-likeness (QED) is 0.784. The first-order chi connectivity index (χ1) is 8.67. The number of hydrogen-bond acceptors (Lipinski definition) is 4. The second-order valence-corrected chi connectivity index (χ2v) is 5.99. The molecule has 0 saturated heterocycles. The minimum Gasteiger partial charge on any atom is -0.492 e. The van der Waals surface area contributed by atoms with Crippen molar-refractivity contribution < 1.29 is 4.74 Å². The van der Waals surface area contributed by atoms with Crippen molar-refractivity contribution in [2.24, 2.45) is 0 Å². The molecule has 0 bridgehead atoms. The molecule has 0 aliphatic rings. The third kappa shape index (κ3) is 5.27. The van der Waals surface area contributed by atoms with Gasteiger partial charge in [-0.1, -0.05) is 20.8 Å². The van der Waals surface area contributed by atoms with Gasteiger partial charge in [0.05, 0.1) is 12.8 Å². The van der Waals surface area contributed by atoms with Gasteiger partial charge in [-0.25, -0.2) is 0 Å². The maximum atomic E-state index is 5.50. The van der Waals surface area contributed by atoms with Crippen molar-refractivity contribution in [1.29, 1.82) is 0 Å². The Balaban J connectivity index is 2.73. The predicted octanol–water partition coefficient (Wildman–Crippen LogP) is 3.27. The van der Waals surface area contributed by atoms with E-state index in [2.05, 4.69) is 37.1 Å². The molecule has 0 radical (unpaired) electrons. The molecule has 0 aromatic carbocycles. The summed E-state index contributed by atoms with van der Waals surface area (Å²) in [4.78, 5) is 4.26. The Morgan fingerprint density at radius 3 is 2.72 bits per heavy atom. The van der Waals surface area contributed by atoms with Crippen LogP contribution in [0.2, 0.25) is 0 Å². The molecule has 0 aliphatic heterocycles. The summed E-state index contributed by atoms with van der Waals surface area (Å²) < 4.78 is 5.50. The van der Waals surface area contributed by atoms with Crippen LogP contribution in [0.15, 0.2) is 18.5 Å². The van der Waals surface area contributed by atoms with Crippen molar-refractivity contribution in [2.45, 2.75) is 39.0 Å². The third-order valence-corrected chi connectivity index (χ3v) is 3.69. The monoisotopic (exact) mass is 268 g/mol. The zero-order valence-electron chi connectivity index (χ0n) is 11.8. The van der Waals surface area contributed by atoms with Crippen molar-refractivity contribution in [3.05, 3.63) is 24.0 Å². The fourth-order valence-electron chi connectivity index (χ4n) is 1.68. The number of nitrogens with one attached hydrogen (secondary N) is 1. The van der Waals surface area contributed by atoms with E-state index in [0.29, 0.717) is 17.9 Å². The van der Waals surface area contributed by atoms with E-state index in [1.54, 1.807) is 6.20 Å². The highest BCUT2D eigenvalue weighted by Crippen LogP contribution is 2.23. The van der Waals surface area contributed by atoms with Gasteiger partial charge in [0.25, 0.3) is 0 Å². The zero-order valence-corrected chi connectivity index (χ0v) is 12.6. The molecule has 0 fully saturated rings. The molecular weight excluding hydrogens is 244 g/mol. The van der Waals surface area contributed by atoms with E-state index < -0.39 is 0 Å². The number of aromatic nitrogens is 1. The Labute approximate surface area is 115 Å². The minimum absolute atomic E-state index is 0.343. The fourth-order valence-corrected chi connectivity index (χ4v) is 2.57. The summed E-state index contributed by atoms with van der Waals surface area (Å²) in [5.74, 6) is 1.91. The number of hydrogen-bond donors (Lipinski definition) is 1. The Morgan fingerprint density at radius 1 is 1.33 bits per heavy atom. The van der Waals surface area contributed by atoms with E-state index in [0.717, 1.165) is 18.0 Å². The third-order valence-electron chi connectivity index (χ3n) is 2.49. The average molecular weight is 268 g/mol. The highest BCUT2D eigenvalue weighted by atomic mass is 32.2. The molecule has 0 spiro atoms. The molecule has 1 N–H and O–H groups in total. The molecule has 1 rings (SSSR count). The van der Waals surface area contributed by atoms with Crippen LogP contribution in [0.3, 0.4) is 0 Å². The molecule has 0 aliphatic carbocycles. The first-order valence-corrected chi connectivity index (χ1v) is 7.65. The summed E-state index contributed by atoms with van der Waals surface area (Å²) in [6, 6.07) is 2.43. The van der Waals surface area contributed by atoms with Crippen LogP contribution in [0, 0.1) is 0 Å². The lowest BCUT2D eigenvalue weighted by Crippen LogP contribution is -2.23. The Kier molecular flexibility index (Phi) is 7.13. The number of ether oxygens (including phenoxy) is 1. The summed E-state index contributed by atoms with van der Waals surface area (Å²) >= 11 is 1.96. The van der Waals surface area contributed by atoms with Crippen molar-refractivity contribution >= 4 is 11.8 Å². The normalized spacial score (nSPS) is 12.7. The second kappa shape index (κ2) is 8.38. The van der Waals surface area contributed by atoms with Crippen LogP contribution in [0.25, 0.3) is 0 Å². The summed E-state index contributed by atoms with van der Waals surface area (Å²) in [6.45, 7) is 10.2. The Hall–Kier alpha value is -0.740. The topological polar surface area (TPSA) is 34.2 Å². The van der Waals surface area contributed by atoms with E-state index in [1.165, 1.54) is 5.56 Å². The van der Waals surface area contributed by atoms with E-state index in [4.69, 9.17) is 4.74 Å². The SMILES string of the molecule is CCNC(CSC(C)C)c1cncc(OCC)c1. The average Bonchev–Trinajstić information content (AvgIpc) is 2.35.